The summed E-state index contributed by atoms with van der Waals surface area (Å²) in [6.07, 6.45) is 0. The second kappa shape index (κ2) is 11.0. The summed E-state index contributed by atoms with van der Waals surface area (Å²) < 4.78 is 0. The first-order valence-electron chi connectivity index (χ1n) is 10.6. The zero-order valence-electron chi connectivity index (χ0n) is 20.1. The van der Waals surface area contributed by atoms with Crippen LogP contribution in [-0.2, 0) is 5.41 Å². The molecule has 1 aromatic carbocycles. The summed E-state index contributed by atoms with van der Waals surface area (Å²) in [5.41, 5.74) is 2.13. The van der Waals surface area contributed by atoms with Crippen LogP contribution in [0.1, 0.15) is 49.9 Å². The lowest BCUT2D eigenvalue weighted by Gasteiger charge is -2.55. The molecule has 0 fully saturated rings. The van der Waals surface area contributed by atoms with Crippen LogP contribution < -0.4 is 0 Å². The SMILES string of the molecule is Cc1ccc(C(C(C)[Si](C)(Cl)Cl)(C(C)[Si](C)(Cl)Cl)C(C)[Si](C)(Cl)Cl)c(C(C)[Si](C)(Cl)Cl)c1. The molecule has 0 heterocycles. The number of aryl methyl sites for hydroxylation is 1. The van der Waals surface area contributed by atoms with Gasteiger partial charge in [-0.05, 0) is 60.9 Å². The fourth-order valence-electron chi connectivity index (χ4n) is 4.79. The Morgan fingerprint density at radius 2 is 0.969 bits per heavy atom. The van der Waals surface area contributed by atoms with E-state index in [2.05, 4.69) is 52.8 Å². The van der Waals surface area contributed by atoms with Gasteiger partial charge >= 0.3 is 0 Å². The molecule has 0 nitrogen and oxygen atoms in total. The lowest BCUT2D eigenvalue weighted by atomic mass is 9.70. The first-order valence-corrected chi connectivity index (χ1v) is 29.0. The first kappa shape index (κ1) is 32.4. The molecule has 0 N–H and O–H groups in total. The predicted molar refractivity (Wildman–Crippen MR) is 163 cm³/mol. The molecule has 0 aromatic heterocycles. The highest BCUT2D eigenvalue weighted by Gasteiger charge is 2.62. The van der Waals surface area contributed by atoms with Gasteiger partial charge in [0.15, 0.2) is 0 Å². The van der Waals surface area contributed by atoms with Crippen LogP contribution in [0.25, 0.3) is 0 Å². The second-order valence-corrected chi connectivity index (χ2v) is 42.0. The van der Waals surface area contributed by atoms with Crippen LogP contribution in [0.2, 0.25) is 42.8 Å². The molecule has 1 aromatic rings. The van der Waals surface area contributed by atoms with Gasteiger partial charge in [-0.3, -0.25) is 0 Å². The van der Waals surface area contributed by atoms with E-state index in [1.165, 1.54) is 0 Å². The van der Waals surface area contributed by atoms with Gasteiger partial charge in [0.25, 0.3) is 26.8 Å². The van der Waals surface area contributed by atoms with E-state index in [4.69, 9.17) is 88.6 Å². The third-order valence-electron chi connectivity index (χ3n) is 7.33. The highest BCUT2D eigenvalue weighted by atomic mass is 35.7. The summed E-state index contributed by atoms with van der Waals surface area (Å²) in [7, 11) is 0. The Hall–Kier alpha value is 2.41. The van der Waals surface area contributed by atoms with E-state index >= 15 is 0 Å². The zero-order valence-corrected chi connectivity index (χ0v) is 30.1. The summed E-state index contributed by atoms with van der Waals surface area (Å²) in [6, 6.07) is 6.41. The van der Waals surface area contributed by atoms with Crippen molar-refractivity contribution >= 4 is 115 Å². The van der Waals surface area contributed by atoms with E-state index in [0.717, 1.165) is 16.7 Å². The topological polar surface area (TPSA) is 0 Å². The zero-order chi connectivity index (χ0) is 25.7. The van der Waals surface area contributed by atoms with Gasteiger partial charge in [-0.1, -0.05) is 51.5 Å². The van der Waals surface area contributed by atoms with Crippen LogP contribution in [-0.4, -0.2) is 26.8 Å². The quantitative estimate of drug-likeness (QED) is 0.181. The molecule has 0 aliphatic carbocycles. The molecule has 0 aliphatic heterocycles. The van der Waals surface area contributed by atoms with Crippen LogP contribution in [0.4, 0.5) is 0 Å². The molecule has 0 spiro atoms. The third-order valence-corrected chi connectivity index (χ3v) is 23.0. The lowest BCUT2D eigenvalue weighted by molar-refractivity contribution is 0.366. The fraction of sp³-hybridized carbons (Fsp3) is 0.700. The molecular formula is C20H34Cl8Si4. The van der Waals surface area contributed by atoms with E-state index in [1.54, 1.807) is 0 Å². The Kier molecular flexibility index (Phi) is 11.2. The Morgan fingerprint density at radius 1 is 0.625 bits per heavy atom. The minimum absolute atomic E-state index is 0.0533. The van der Waals surface area contributed by atoms with E-state index in [1.807, 2.05) is 26.2 Å². The summed E-state index contributed by atoms with van der Waals surface area (Å²) in [4.78, 5) is 0. The molecule has 186 valence electrons. The molecule has 12 heteroatoms. The number of hydrogen-bond acceptors (Lipinski definition) is 0. The number of rotatable bonds is 9. The van der Waals surface area contributed by atoms with Gasteiger partial charge in [0.2, 0.25) is 0 Å². The van der Waals surface area contributed by atoms with Crippen molar-refractivity contribution < 1.29 is 0 Å². The highest BCUT2D eigenvalue weighted by Crippen LogP contribution is 2.66. The van der Waals surface area contributed by atoms with Crippen molar-refractivity contribution in [2.45, 2.75) is 88.4 Å². The van der Waals surface area contributed by atoms with Crippen LogP contribution in [0.15, 0.2) is 18.2 Å². The normalized spacial score (nSPS) is 19.8. The van der Waals surface area contributed by atoms with E-state index < -0.39 is 32.2 Å². The molecule has 0 amide bonds. The molecule has 0 saturated heterocycles. The predicted octanol–water partition coefficient (Wildman–Crippen LogP) is 11.2. The van der Waals surface area contributed by atoms with Gasteiger partial charge in [-0.25, -0.2) is 0 Å². The lowest BCUT2D eigenvalue weighted by Crippen LogP contribution is -2.54. The fourth-order valence-corrected chi connectivity index (χ4v) is 14.5. The Labute approximate surface area is 236 Å². The van der Waals surface area contributed by atoms with Gasteiger partial charge in [0.05, 0.1) is 0 Å². The van der Waals surface area contributed by atoms with Gasteiger partial charge in [0.1, 0.15) is 0 Å². The average molecular weight is 670 g/mol. The molecule has 0 aliphatic rings. The summed E-state index contributed by atoms with van der Waals surface area (Å²) in [6.45, 7) is 7.29. The van der Waals surface area contributed by atoms with Crippen molar-refractivity contribution in [2.75, 3.05) is 0 Å². The van der Waals surface area contributed by atoms with Crippen LogP contribution >= 0.6 is 88.6 Å². The smallest absolute Gasteiger partial charge is 0.146 e. The molecule has 1 rings (SSSR count). The largest absolute Gasteiger partial charge is 0.255 e. The van der Waals surface area contributed by atoms with E-state index in [-0.39, 0.29) is 22.2 Å². The first-order chi connectivity index (χ1) is 14.0. The average Bonchev–Trinajstić information content (AvgIpc) is 2.58. The second-order valence-electron chi connectivity index (χ2n) is 9.74. The molecular weight excluding hydrogens is 636 g/mol. The van der Waals surface area contributed by atoms with Crippen LogP contribution in [0.5, 0.6) is 0 Å². The Bertz CT molecular complexity index is 742. The van der Waals surface area contributed by atoms with Crippen molar-refractivity contribution in [3.63, 3.8) is 0 Å². The minimum Gasteiger partial charge on any atom is -0.146 e. The van der Waals surface area contributed by atoms with Crippen molar-refractivity contribution in [1.82, 2.24) is 0 Å². The standard InChI is InChI=1S/C20H34Cl8Si4/c1-13-10-11-19(18(12-13)14(2)29(6,21)22)20(15(3)30(7,23)24,16(4)31(8,25)26)17(5)32(9,27)28/h10-12,14-17H,1-9H3. The number of hydrogen-bond donors (Lipinski definition) is 0. The molecule has 4 unspecified atom stereocenters. The minimum atomic E-state index is -2.78. The van der Waals surface area contributed by atoms with Gasteiger partial charge in [-0.15, -0.1) is 88.6 Å². The maximum atomic E-state index is 6.98. The van der Waals surface area contributed by atoms with Gasteiger partial charge in [0, 0.05) is 11.0 Å². The molecule has 0 bridgehead atoms. The van der Waals surface area contributed by atoms with Crippen molar-refractivity contribution in [1.29, 1.82) is 0 Å². The summed E-state index contributed by atoms with van der Waals surface area (Å²) in [5.74, 6) is 0. The summed E-state index contributed by atoms with van der Waals surface area (Å²) >= 11 is 55.4. The number of benzene rings is 1. The Morgan fingerprint density at radius 3 is 1.25 bits per heavy atom. The van der Waals surface area contributed by atoms with Gasteiger partial charge < -0.3 is 0 Å². The summed E-state index contributed by atoms with van der Waals surface area (Å²) in [5, 5.41) is 0. The monoisotopic (exact) mass is 666 g/mol. The molecule has 0 radical (unpaired) electrons. The van der Waals surface area contributed by atoms with Crippen molar-refractivity contribution in [3.05, 3.63) is 34.9 Å². The van der Waals surface area contributed by atoms with Crippen molar-refractivity contribution in [3.8, 4) is 0 Å². The maximum Gasteiger partial charge on any atom is 0.255 e. The molecule has 4 atom stereocenters. The molecule has 0 saturated carbocycles. The Balaban J connectivity index is 4.30. The maximum absolute atomic E-state index is 6.98. The van der Waals surface area contributed by atoms with Crippen LogP contribution in [0, 0.1) is 6.92 Å². The number of halogens is 8. The van der Waals surface area contributed by atoms with Crippen molar-refractivity contribution in [2.24, 2.45) is 0 Å². The third kappa shape index (κ3) is 7.04. The molecule has 32 heavy (non-hydrogen) atoms. The van der Waals surface area contributed by atoms with E-state index in [0.29, 0.717) is 0 Å². The highest BCUT2D eigenvalue weighted by molar-refractivity contribution is 7.47. The van der Waals surface area contributed by atoms with Crippen LogP contribution in [0.3, 0.4) is 0 Å². The van der Waals surface area contributed by atoms with Gasteiger partial charge in [-0.2, -0.15) is 0 Å². The van der Waals surface area contributed by atoms with E-state index in [9.17, 15) is 0 Å².